The summed E-state index contributed by atoms with van der Waals surface area (Å²) in [7, 11) is 2.19. The summed E-state index contributed by atoms with van der Waals surface area (Å²) in [5.41, 5.74) is 2.15. The maximum Gasteiger partial charge on any atom is 0.223 e. The summed E-state index contributed by atoms with van der Waals surface area (Å²) in [4.78, 5) is 11.4. The average Bonchev–Trinajstić information content (AvgIpc) is 3.11. The Balaban J connectivity index is 1.87. The van der Waals surface area contributed by atoms with Crippen LogP contribution >= 0.6 is 0 Å². The van der Waals surface area contributed by atoms with Crippen LogP contribution in [0.5, 0.6) is 0 Å². The van der Waals surface area contributed by atoms with Crippen LogP contribution in [-0.2, 0) is 0 Å². The van der Waals surface area contributed by atoms with Gasteiger partial charge >= 0.3 is 0 Å². The van der Waals surface area contributed by atoms with Gasteiger partial charge in [-0.1, -0.05) is 13.8 Å². The molecule has 0 aromatic carbocycles. The summed E-state index contributed by atoms with van der Waals surface area (Å²) in [6.07, 6.45) is 2.71. The van der Waals surface area contributed by atoms with Crippen molar-refractivity contribution in [3.05, 3.63) is 17.5 Å². The molecule has 1 N–H and O–H groups in total. The van der Waals surface area contributed by atoms with E-state index in [1.54, 1.807) is 0 Å². The van der Waals surface area contributed by atoms with Gasteiger partial charge in [-0.2, -0.15) is 0 Å². The van der Waals surface area contributed by atoms with Gasteiger partial charge in [0.2, 0.25) is 5.95 Å². The second-order valence-electron chi connectivity index (χ2n) is 5.55. The molecule has 0 saturated heterocycles. The van der Waals surface area contributed by atoms with Gasteiger partial charge in [-0.05, 0) is 38.8 Å². The molecule has 2 rings (SSSR count). The van der Waals surface area contributed by atoms with Crippen LogP contribution in [0.3, 0.4) is 0 Å². The number of anilines is 1. The Morgan fingerprint density at radius 3 is 2.72 bits per heavy atom. The third-order valence-electron chi connectivity index (χ3n) is 3.38. The minimum Gasteiger partial charge on any atom is -0.353 e. The van der Waals surface area contributed by atoms with Crippen LogP contribution in [0.1, 0.15) is 44.0 Å². The minimum absolute atomic E-state index is 0.446. The molecule has 1 aliphatic carbocycles. The number of nitrogens with one attached hydrogen (secondary N) is 1. The molecule has 4 heteroatoms. The van der Waals surface area contributed by atoms with Crippen molar-refractivity contribution in [2.24, 2.45) is 0 Å². The van der Waals surface area contributed by atoms with Gasteiger partial charge in [0.05, 0.1) is 0 Å². The lowest BCUT2D eigenvalue weighted by atomic mass is 10.1. The number of aromatic nitrogens is 2. The molecule has 1 fully saturated rings. The molecule has 4 nitrogen and oxygen atoms in total. The van der Waals surface area contributed by atoms with Crippen molar-refractivity contribution < 1.29 is 0 Å². The Hall–Kier alpha value is -1.16. The van der Waals surface area contributed by atoms with Crippen molar-refractivity contribution in [3.8, 4) is 0 Å². The van der Waals surface area contributed by atoms with Gasteiger partial charge < -0.3 is 10.2 Å². The monoisotopic (exact) mass is 248 g/mol. The molecule has 1 aromatic rings. The molecule has 1 aromatic heterocycles. The summed E-state index contributed by atoms with van der Waals surface area (Å²) in [6.45, 7) is 8.31. The zero-order valence-corrected chi connectivity index (χ0v) is 11.9. The van der Waals surface area contributed by atoms with Crippen molar-refractivity contribution in [2.75, 3.05) is 25.5 Å². The fraction of sp³-hybridized carbons (Fsp3) is 0.714. The van der Waals surface area contributed by atoms with Crippen LogP contribution in [0.4, 0.5) is 5.95 Å². The van der Waals surface area contributed by atoms with Crippen LogP contribution in [0, 0.1) is 6.92 Å². The highest BCUT2D eigenvalue weighted by Gasteiger charge is 2.25. The highest BCUT2D eigenvalue weighted by Crippen LogP contribution is 2.24. The highest BCUT2D eigenvalue weighted by molar-refractivity contribution is 5.29. The molecule has 1 aliphatic rings. The molecule has 0 atom stereocenters. The standard InChI is InChI=1S/C14H24N4/c1-10(2)13-9-11(3)16-14(17-13)15-7-8-18(4)12-5-6-12/h9-10,12H,5-8H2,1-4H3,(H,15,16,17). The predicted octanol–water partition coefficient (Wildman–Crippen LogP) is 2.41. The van der Waals surface area contributed by atoms with E-state index in [0.29, 0.717) is 5.92 Å². The fourth-order valence-electron chi connectivity index (χ4n) is 2.01. The van der Waals surface area contributed by atoms with Gasteiger partial charge in [-0.25, -0.2) is 9.97 Å². The first kappa shape index (κ1) is 13.3. The summed E-state index contributed by atoms with van der Waals surface area (Å²) >= 11 is 0. The Bertz CT molecular complexity index is 399. The van der Waals surface area contributed by atoms with Crippen LogP contribution < -0.4 is 5.32 Å². The van der Waals surface area contributed by atoms with E-state index in [2.05, 4.69) is 47.1 Å². The van der Waals surface area contributed by atoms with E-state index in [9.17, 15) is 0 Å². The minimum atomic E-state index is 0.446. The fourth-order valence-corrected chi connectivity index (χ4v) is 2.01. The predicted molar refractivity (Wildman–Crippen MR) is 75.0 cm³/mol. The first-order valence-electron chi connectivity index (χ1n) is 6.86. The zero-order chi connectivity index (χ0) is 13.1. The summed E-state index contributed by atoms with van der Waals surface area (Å²) in [6, 6.07) is 2.88. The molecule has 0 spiro atoms. The number of hydrogen-bond acceptors (Lipinski definition) is 4. The second kappa shape index (κ2) is 5.65. The summed E-state index contributed by atoms with van der Waals surface area (Å²) in [5, 5.41) is 3.33. The van der Waals surface area contributed by atoms with Crippen LogP contribution in [-0.4, -0.2) is 41.0 Å². The van der Waals surface area contributed by atoms with Gasteiger partial charge in [0.1, 0.15) is 0 Å². The van der Waals surface area contributed by atoms with Gasteiger partial charge in [0.25, 0.3) is 0 Å². The first-order valence-corrected chi connectivity index (χ1v) is 6.86. The van der Waals surface area contributed by atoms with E-state index >= 15 is 0 Å². The quantitative estimate of drug-likeness (QED) is 0.839. The largest absolute Gasteiger partial charge is 0.353 e. The third kappa shape index (κ3) is 3.67. The molecule has 0 aliphatic heterocycles. The lowest BCUT2D eigenvalue weighted by Crippen LogP contribution is -2.27. The van der Waals surface area contributed by atoms with Gasteiger partial charge in [-0.15, -0.1) is 0 Å². The molecular weight excluding hydrogens is 224 g/mol. The first-order chi connectivity index (χ1) is 8.56. The van der Waals surface area contributed by atoms with Crippen molar-refractivity contribution in [2.45, 2.75) is 45.6 Å². The lowest BCUT2D eigenvalue weighted by molar-refractivity contribution is 0.337. The molecule has 1 heterocycles. The van der Waals surface area contributed by atoms with E-state index < -0.39 is 0 Å². The van der Waals surface area contributed by atoms with Crippen LogP contribution in [0.2, 0.25) is 0 Å². The maximum absolute atomic E-state index is 4.55. The molecule has 0 radical (unpaired) electrons. The van der Waals surface area contributed by atoms with Crippen molar-refractivity contribution >= 4 is 5.95 Å². The Labute approximate surface area is 110 Å². The van der Waals surface area contributed by atoms with Crippen molar-refractivity contribution in [3.63, 3.8) is 0 Å². The average molecular weight is 248 g/mol. The molecular formula is C14H24N4. The molecule has 0 unspecified atom stereocenters. The Morgan fingerprint density at radius 1 is 1.39 bits per heavy atom. The van der Waals surface area contributed by atoms with E-state index in [-0.39, 0.29) is 0 Å². The topological polar surface area (TPSA) is 41.1 Å². The van der Waals surface area contributed by atoms with Crippen molar-refractivity contribution in [1.29, 1.82) is 0 Å². The Morgan fingerprint density at radius 2 is 2.11 bits per heavy atom. The van der Waals surface area contributed by atoms with E-state index in [4.69, 9.17) is 0 Å². The van der Waals surface area contributed by atoms with E-state index in [0.717, 1.165) is 36.5 Å². The number of hydrogen-bond donors (Lipinski definition) is 1. The molecule has 18 heavy (non-hydrogen) atoms. The SMILES string of the molecule is Cc1cc(C(C)C)nc(NCCN(C)C2CC2)n1. The third-order valence-corrected chi connectivity index (χ3v) is 3.38. The maximum atomic E-state index is 4.55. The number of likely N-dealkylation sites (N-methyl/N-ethyl adjacent to an activating group) is 1. The summed E-state index contributed by atoms with van der Waals surface area (Å²) < 4.78 is 0. The normalized spacial score (nSPS) is 15.4. The van der Waals surface area contributed by atoms with E-state index in [1.165, 1.54) is 12.8 Å². The number of rotatable bonds is 6. The molecule has 100 valence electrons. The van der Waals surface area contributed by atoms with Gasteiger partial charge in [-0.3, -0.25) is 0 Å². The van der Waals surface area contributed by atoms with Crippen LogP contribution in [0.25, 0.3) is 0 Å². The smallest absolute Gasteiger partial charge is 0.223 e. The zero-order valence-electron chi connectivity index (χ0n) is 11.9. The van der Waals surface area contributed by atoms with Crippen molar-refractivity contribution in [1.82, 2.24) is 14.9 Å². The number of nitrogens with zero attached hydrogens (tertiary/aromatic N) is 3. The molecule has 1 saturated carbocycles. The molecule has 0 bridgehead atoms. The summed E-state index contributed by atoms with van der Waals surface area (Å²) in [5.74, 6) is 1.21. The lowest BCUT2D eigenvalue weighted by Gasteiger charge is -2.16. The van der Waals surface area contributed by atoms with Gasteiger partial charge in [0, 0.05) is 30.5 Å². The Kier molecular flexibility index (Phi) is 4.17. The number of aryl methyl sites for hydroxylation is 1. The highest BCUT2D eigenvalue weighted by atomic mass is 15.2. The molecule has 0 amide bonds. The van der Waals surface area contributed by atoms with E-state index in [1.807, 2.05) is 6.92 Å². The van der Waals surface area contributed by atoms with Gasteiger partial charge in [0.15, 0.2) is 0 Å². The second-order valence-corrected chi connectivity index (χ2v) is 5.55. The van der Waals surface area contributed by atoms with Crippen LogP contribution in [0.15, 0.2) is 6.07 Å².